The van der Waals surface area contributed by atoms with Gasteiger partial charge in [-0.2, -0.15) is 5.26 Å². The molecule has 0 spiro atoms. The van der Waals surface area contributed by atoms with Crippen molar-refractivity contribution >= 4 is 11.7 Å². The van der Waals surface area contributed by atoms with Gasteiger partial charge in [-0.1, -0.05) is 44.2 Å². The second-order valence-electron chi connectivity index (χ2n) is 7.88. The van der Waals surface area contributed by atoms with E-state index < -0.39 is 0 Å². The number of furan rings is 1. The van der Waals surface area contributed by atoms with Crippen LogP contribution in [-0.4, -0.2) is 17.0 Å². The number of nitrogens with zero attached hydrogens (tertiary/aromatic N) is 2. The van der Waals surface area contributed by atoms with Crippen LogP contribution in [0.5, 0.6) is 0 Å². The molecule has 2 heterocycles. The monoisotopic (exact) mass is 405 g/mol. The fourth-order valence-electron chi connectivity index (χ4n) is 3.77. The Balaban J connectivity index is 1.77. The van der Waals surface area contributed by atoms with Crippen molar-refractivity contribution in [3.05, 3.63) is 76.9 Å². The molecule has 1 atom stereocenters. The highest BCUT2D eigenvalue weighted by Gasteiger charge is 2.23. The van der Waals surface area contributed by atoms with Crippen LogP contribution in [0.25, 0.3) is 0 Å². The van der Waals surface area contributed by atoms with Crippen LogP contribution < -0.4 is 10.6 Å². The van der Waals surface area contributed by atoms with Crippen LogP contribution in [0.2, 0.25) is 0 Å². The van der Waals surface area contributed by atoms with Crippen LogP contribution in [-0.2, 0) is 11.3 Å². The smallest absolute Gasteiger partial charge is 0.280 e. The predicted octanol–water partition coefficient (Wildman–Crippen LogP) is 3.52. The topological polar surface area (TPSA) is 87.6 Å². The van der Waals surface area contributed by atoms with Gasteiger partial charge in [0.25, 0.3) is 5.91 Å². The normalized spacial score (nSPS) is 12.0. The van der Waals surface area contributed by atoms with Crippen LogP contribution in [0.15, 0.2) is 53.1 Å². The molecule has 3 rings (SSSR count). The van der Waals surface area contributed by atoms with E-state index in [1.807, 2.05) is 48.7 Å². The first-order valence-corrected chi connectivity index (χ1v) is 10.2. The third kappa shape index (κ3) is 4.64. The van der Waals surface area contributed by atoms with Crippen molar-refractivity contribution in [2.24, 2.45) is 5.92 Å². The second-order valence-corrected chi connectivity index (χ2v) is 7.88. The highest BCUT2D eigenvalue weighted by Crippen LogP contribution is 2.27. The maximum Gasteiger partial charge on any atom is 0.280 e. The highest BCUT2D eigenvalue weighted by atomic mass is 16.3. The average Bonchev–Trinajstić information content (AvgIpc) is 3.32. The van der Waals surface area contributed by atoms with Gasteiger partial charge in [0.05, 0.1) is 18.4 Å². The minimum absolute atomic E-state index is 0.133. The van der Waals surface area contributed by atoms with E-state index in [1.54, 1.807) is 6.26 Å². The summed E-state index contributed by atoms with van der Waals surface area (Å²) in [4.78, 5) is 12.8. The van der Waals surface area contributed by atoms with Gasteiger partial charge in [0.15, 0.2) is 6.54 Å². The number of anilines is 1. The van der Waals surface area contributed by atoms with Crippen LogP contribution in [0.3, 0.4) is 0 Å². The molecule has 0 bridgehead atoms. The van der Waals surface area contributed by atoms with E-state index in [-0.39, 0.29) is 18.5 Å². The molecule has 0 saturated carbocycles. The molecule has 0 radical (unpaired) electrons. The van der Waals surface area contributed by atoms with E-state index in [9.17, 15) is 10.1 Å². The summed E-state index contributed by atoms with van der Waals surface area (Å²) in [7, 11) is 0. The minimum atomic E-state index is -0.133. The van der Waals surface area contributed by atoms with E-state index in [1.165, 1.54) is 5.56 Å². The number of hydrogen-bond donors (Lipinski definition) is 2. The van der Waals surface area contributed by atoms with Gasteiger partial charge in [-0.15, -0.1) is 0 Å². The Bertz CT molecular complexity index is 1030. The van der Waals surface area contributed by atoms with Gasteiger partial charge in [-0.05, 0) is 31.5 Å². The van der Waals surface area contributed by atoms with Gasteiger partial charge in [0.2, 0.25) is 0 Å². The van der Waals surface area contributed by atoms with Gasteiger partial charge in [0, 0.05) is 17.2 Å². The number of hydrogen-bond acceptors (Lipinski definition) is 3. The Morgan fingerprint density at radius 2 is 1.93 bits per heavy atom. The lowest BCUT2D eigenvalue weighted by molar-refractivity contribution is -0.692. The Morgan fingerprint density at radius 3 is 2.53 bits per heavy atom. The maximum atomic E-state index is 12.8. The summed E-state index contributed by atoms with van der Waals surface area (Å²) in [6, 6.07) is 16.4. The molecule has 6 heteroatoms. The number of rotatable bonds is 8. The van der Waals surface area contributed by atoms with E-state index in [0.717, 1.165) is 17.0 Å². The van der Waals surface area contributed by atoms with Crippen molar-refractivity contribution in [3.8, 4) is 6.07 Å². The number of carbonyl (C=O) groups is 1. The third-order valence-electron chi connectivity index (χ3n) is 5.55. The molecular formula is C24H29N4O2+. The van der Waals surface area contributed by atoms with E-state index >= 15 is 0 Å². The zero-order valence-electron chi connectivity index (χ0n) is 18.0. The van der Waals surface area contributed by atoms with Crippen molar-refractivity contribution in [2.75, 3.05) is 11.9 Å². The molecule has 0 aliphatic heterocycles. The number of quaternary nitrogens is 1. The molecule has 156 valence electrons. The molecular weight excluding hydrogens is 376 g/mol. The SMILES string of the molecule is Cc1c(C#N)c(NC(=O)C[NH2+][C@@H](c2ccccc2)C(C)C)n(Cc2ccco2)c1C. The van der Waals surface area contributed by atoms with Gasteiger partial charge in [0.1, 0.15) is 23.7 Å². The summed E-state index contributed by atoms with van der Waals surface area (Å²) in [5.41, 5.74) is 3.50. The summed E-state index contributed by atoms with van der Waals surface area (Å²) in [6.45, 7) is 8.89. The molecule has 0 unspecified atom stereocenters. The molecule has 6 nitrogen and oxygen atoms in total. The third-order valence-corrected chi connectivity index (χ3v) is 5.55. The molecule has 0 aliphatic rings. The number of nitriles is 1. The largest absolute Gasteiger partial charge is 0.467 e. The van der Waals surface area contributed by atoms with Crippen LogP contribution in [0.1, 0.15) is 48.0 Å². The molecule has 3 N–H and O–H groups in total. The molecule has 0 fully saturated rings. The fraction of sp³-hybridized carbons (Fsp3) is 0.333. The van der Waals surface area contributed by atoms with Crippen LogP contribution >= 0.6 is 0 Å². The summed E-state index contributed by atoms with van der Waals surface area (Å²) < 4.78 is 7.40. The molecule has 0 aliphatic carbocycles. The molecule has 3 aromatic rings. The number of carbonyl (C=O) groups excluding carboxylic acids is 1. The van der Waals surface area contributed by atoms with Crippen LogP contribution in [0, 0.1) is 31.1 Å². The van der Waals surface area contributed by atoms with Crippen molar-refractivity contribution in [2.45, 2.75) is 40.3 Å². The lowest BCUT2D eigenvalue weighted by atomic mass is 9.96. The Labute approximate surface area is 177 Å². The number of amides is 1. The Hall–Kier alpha value is -3.30. The molecule has 30 heavy (non-hydrogen) atoms. The van der Waals surface area contributed by atoms with Crippen molar-refractivity contribution < 1.29 is 14.5 Å². The van der Waals surface area contributed by atoms with E-state index in [4.69, 9.17) is 4.42 Å². The van der Waals surface area contributed by atoms with Gasteiger partial charge < -0.3 is 19.6 Å². The van der Waals surface area contributed by atoms with Crippen molar-refractivity contribution in [1.29, 1.82) is 5.26 Å². The van der Waals surface area contributed by atoms with Gasteiger partial charge in [-0.3, -0.25) is 4.79 Å². The number of benzene rings is 1. The lowest BCUT2D eigenvalue weighted by Gasteiger charge is -2.19. The van der Waals surface area contributed by atoms with Gasteiger partial charge in [-0.25, -0.2) is 0 Å². The maximum absolute atomic E-state index is 12.8. The number of nitrogens with one attached hydrogen (secondary N) is 1. The number of nitrogens with two attached hydrogens (primary N) is 1. The Kier molecular flexibility index (Phi) is 6.76. The van der Waals surface area contributed by atoms with Gasteiger partial charge >= 0.3 is 0 Å². The van der Waals surface area contributed by atoms with Crippen molar-refractivity contribution in [1.82, 2.24) is 4.57 Å². The summed E-state index contributed by atoms with van der Waals surface area (Å²) in [5.74, 6) is 1.54. The second kappa shape index (κ2) is 9.47. The van der Waals surface area contributed by atoms with Crippen molar-refractivity contribution in [3.63, 3.8) is 0 Å². The quantitative estimate of drug-likeness (QED) is 0.601. The van der Waals surface area contributed by atoms with E-state index in [0.29, 0.717) is 23.8 Å². The first-order chi connectivity index (χ1) is 14.4. The lowest BCUT2D eigenvalue weighted by Crippen LogP contribution is -2.88. The Morgan fingerprint density at radius 1 is 1.20 bits per heavy atom. The van der Waals surface area contributed by atoms with E-state index in [2.05, 4.69) is 42.7 Å². The zero-order valence-corrected chi connectivity index (χ0v) is 18.0. The zero-order chi connectivity index (χ0) is 21.7. The molecule has 2 aromatic heterocycles. The minimum Gasteiger partial charge on any atom is -0.467 e. The standard InChI is InChI=1S/C24H28N4O2/c1-16(2)23(19-9-6-5-7-10-19)26-14-22(29)27-24-21(13-25)17(3)18(4)28(24)15-20-11-8-12-30-20/h5-12,16,23,26H,14-15H2,1-4H3,(H,27,29)/p+1/t23-/m1/s1. The van der Waals surface area contributed by atoms with Crippen LogP contribution in [0.4, 0.5) is 5.82 Å². The first kappa shape index (κ1) is 21.4. The molecule has 1 aromatic carbocycles. The molecule has 0 saturated heterocycles. The fourth-order valence-corrected chi connectivity index (χ4v) is 3.77. The first-order valence-electron chi connectivity index (χ1n) is 10.2. The average molecular weight is 406 g/mol. The highest BCUT2D eigenvalue weighted by molar-refractivity contribution is 5.92. The summed E-state index contributed by atoms with van der Waals surface area (Å²) in [5, 5.41) is 14.7. The number of aromatic nitrogens is 1. The predicted molar refractivity (Wildman–Crippen MR) is 116 cm³/mol. The molecule has 1 amide bonds. The summed E-state index contributed by atoms with van der Waals surface area (Å²) in [6.07, 6.45) is 1.62. The summed E-state index contributed by atoms with van der Waals surface area (Å²) >= 11 is 0.